The van der Waals surface area contributed by atoms with Crippen LogP contribution in [0, 0.1) is 0 Å². The third-order valence-electron chi connectivity index (χ3n) is 3.48. The normalized spacial score (nSPS) is 19.0. The van der Waals surface area contributed by atoms with E-state index in [0.717, 1.165) is 11.1 Å². The number of aliphatic hydroxyl groups is 1. The molecule has 0 unspecified atom stereocenters. The van der Waals surface area contributed by atoms with E-state index in [2.05, 4.69) is 10.6 Å². The van der Waals surface area contributed by atoms with Crippen LogP contribution in [0.3, 0.4) is 0 Å². The molecule has 1 heterocycles. The lowest BCUT2D eigenvalue weighted by molar-refractivity contribution is -0.122. The highest BCUT2D eigenvalue weighted by Gasteiger charge is 2.35. The first-order valence-corrected chi connectivity index (χ1v) is 6.60. The van der Waals surface area contributed by atoms with Crippen LogP contribution < -0.4 is 10.6 Å². The van der Waals surface area contributed by atoms with Gasteiger partial charge in [0.15, 0.2) is 0 Å². The highest BCUT2D eigenvalue weighted by atomic mass is 16.3. The zero-order chi connectivity index (χ0) is 14.8. The van der Waals surface area contributed by atoms with Crippen LogP contribution >= 0.6 is 0 Å². The van der Waals surface area contributed by atoms with Crippen molar-refractivity contribution < 1.29 is 14.7 Å². The molecule has 1 saturated heterocycles. The van der Waals surface area contributed by atoms with Crippen molar-refractivity contribution in [3.05, 3.63) is 60.2 Å². The van der Waals surface area contributed by atoms with E-state index in [4.69, 9.17) is 0 Å². The maximum Gasteiger partial charge on any atom is 0.322 e. The molecule has 0 radical (unpaired) electrons. The summed E-state index contributed by atoms with van der Waals surface area (Å²) in [5.41, 5.74) is 2.67. The molecule has 5 nitrogen and oxygen atoms in total. The summed E-state index contributed by atoms with van der Waals surface area (Å²) in [6.07, 6.45) is -1.07. The van der Waals surface area contributed by atoms with Crippen LogP contribution in [-0.2, 0) is 4.79 Å². The van der Waals surface area contributed by atoms with Gasteiger partial charge in [-0.15, -0.1) is 0 Å². The van der Waals surface area contributed by atoms with Gasteiger partial charge in [-0.1, -0.05) is 54.6 Å². The summed E-state index contributed by atoms with van der Waals surface area (Å²) in [4.78, 5) is 22.6. The minimum atomic E-state index is -1.07. The Balaban J connectivity index is 1.81. The second kappa shape index (κ2) is 5.38. The molecule has 0 bridgehead atoms. The Kier molecular flexibility index (Phi) is 3.41. The summed E-state index contributed by atoms with van der Waals surface area (Å²) < 4.78 is 0. The van der Waals surface area contributed by atoms with Crippen molar-refractivity contribution in [2.75, 3.05) is 0 Å². The van der Waals surface area contributed by atoms with E-state index in [1.54, 1.807) is 12.1 Å². The molecule has 2 aromatic rings. The van der Waals surface area contributed by atoms with Crippen molar-refractivity contribution >= 4 is 11.9 Å². The summed E-state index contributed by atoms with van der Waals surface area (Å²) in [5, 5.41) is 14.7. The fourth-order valence-electron chi connectivity index (χ4n) is 2.35. The number of benzene rings is 2. The van der Waals surface area contributed by atoms with E-state index in [9.17, 15) is 14.7 Å². The predicted octanol–water partition coefficient (Wildman–Crippen LogP) is 1.59. The van der Waals surface area contributed by atoms with Crippen LogP contribution in [-0.4, -0.2) is 23.1 Å². The molecule has 0 spiro atoms. The SMILES string of the molecule is O=C1NC(=O)[C@@H]([C@@H](O)c2ccc(-c3ccccc3)cc2)N1. The highest BCUT2D eigenvalue weighted by Crippen LogP contribution is 2.24. The van der Waals surface area contributed by atoms with E-state index in [0.29, 0.717) is 5.56 Å². The van der Waals surface area contributed by atoms with Gasteiger partial charge in [-0.05, 0) is 16.7 Å². The monoisotopic (exact) mass is 282 g/mol. The van der Waals surface area contributed by atoms with Gasteiger partial charge in [-0.3, -0.25) is 10.1 Å². The first-order chi connectivity index (χ1) is 10.1. The zero-order valence-electron chi connectivity index (χ0n) is 11.1. The first-order valence-electron chi connectivity index (χ1n) is 6.60. The van der Waals surface area contributed by atoms with E-state index < -0.39 is 24.1 Å². The first kappa shape index (κ1) is 13.3. The molecule has 2 atom stereocenters. The van der Waals surface area contributed by atoms with Crippen LogP contribution in [0.4, 0.5) is 4.79 Å². The quantitative estimate of drug-likeness (QED) is 0.748. The Morgan fingerprint density at radius 2 is 1.52 bits per heavy atom. The summed E-state index contributed by atoms with van der Waals surface area (Å²) in [5.74, 6) is -0.514. The zero-order valence-corrected chi connectivity index (χ0v) is 11.1. The van der Waals surface area contributed by atoms with Gasteiger partial charge < -0.3 is 10.4 Å². The number of carbonyl (C=O) groups excluding carboxylic acids is 2. The molecule has 21 heavy (non-hydrogen) atoms. The van der Waals surface area contributed by atoms with Crippen LogP contribution in [0.5, 0.6) is 0 Å². The Labute approximate surface area is 121 Å². The van der Waals surface area contributed by atoms with Gasteiger partial charge >= 0.3 is 6.03 Å². The average Bonchev–Trinajstić information content (AvgIpc) is 2.86. The topological polar surface area (TPSA) is 78.4 Å². The van der Waals surface area contributed by atoms with Crippen LogP contribution in [0.25, 0.3) is 11.1 Å². The smallest absolute Gasteiger partial charge is 0.322 e. The number of imide groups is 1. The Morgan fingerprint density at radius 3 is 2.10 bits per heavy atom. The average molecular weight is 282 g/mol. The van der Waals surface area contributed by atoms with Crippen molar-refractivity contribution in [1.29, 1.82) is 0 Å². The molecular formula is C16H14N2O3. The van der Waals surface area contributed by atoms with E-state index >= 15 is 0 Å². The van der Waals surface area contributed by atoms with Crippen molar-refractivity contribution in [1.82, 2.24) is 10.6 Å². The maximum atomic E-state index is 11.5. The summed E-state index contributed by atoms with van der Waals surface area (Å²) in [7, 11) is 0. The lowest BCUT2D eigenvalue weighted by atomic mass is 9.98. The minimum absolute atomic E-state index is 0.514. The van der Waals surface area contributed by atoms with Crippen LogP contribution in [0.1, 0.15) is 11.7 Å². The Morgan fingerprint density at radius 1 is 0.905 bits per heavy atom. The van der Waals surface area contributed by atoms with E-state index in [-0.39, 0.29) is 0 Å². The molecule has 0 aromatic heterocycles. The number of nitrogens with one attached hydrogen (secondary N) is 2. The van der Waals surface area contributed by atoms with Crippen molar-refractivity contribution in [2.45, 2.75) is 12.1 Å². The van der Waals surface area contributed by atoms with Gasteiger partial charge in [0.25, 0.3) is 5.91 Å². The lowest BCUT2D eigenvalue weighted by Gasteiger charge is -2.16. The number of hydrogen-bond donors (Lipinski definition) is 3. The third-order valence-corrected chi connectivity index (χ3v) is 3.48. The number of hydrogen-bond acceptors (Lipinski definition) is 3. The number of aliphatic hydroxyl groups excluding tert-OH is 1. The van der Waals surface area contributed by atoms with Gasteiger partial charge in [-0.25, -0.2) is 4.79 Å². The number of urea groups is 1. The highest BCUT2D eigenvalue weighted by molar-refractivity contribution is 6.04. The molecule has 1 aliphatic rings. The lowest BCUT2D eigenvalue weighted by Crippen LogP contribution is -2.35. The standard InChI is InChI=1S/C16H14N2O3/c19-14(13-15(20)18-16(21)17-13)12-8-6-11(7-9-12)10-4-2-1-3-5-10/h1-9,13-14,19H,(H2,17,18,20,21)/t13-,14+/m1/s1. The number of carbonyl (C=O) groups is 2. The predicted molar refractivity (Wildman–Crippen MR) is 77.3 cm³/mol. The van der Waals surface area contributed by atoms with Gasteiger partial charge in [0.1, 0.15) is 12.1 Å². The Bertz CT molecular complexity index is 668. The van der Waals surface area contributed by atoms with Gasteiger partial charge in [0, 0.05) is 0 Å². The third kappa shape index (κ3) is 2.64. The number of amides is 3. The second-order valence-corrected chi connectivity index (χ2v) is 4.87. The molecule has 3 N–H and O–H groups in total. The molecule has 3 amide bonds. The molecule has 1 fully saturated rings. The maximum absolute atomic E-state index is 11.5. The molecule has 1 aliphatic heterocycles. The van der Waals surface area contributed by atoms with Crippen LogP contribution in [0.2, 0.25) is 0 Å². The van der Waals surface area contributed by atoms with E-state index in [1.807, 2.05) is 42.5 Å². The summed E-state index contributed by atoms with van der Waals surface area (Å²) in [6, 6.07) is 15.6. The second-order valence-electron chi connectivity index (χ2n) is 4.87. The van der Waals surface area contributed by atoms with Crippen molar-refractivity contribution in [3.8, 4) is 11.1 Å². The molecular weight excluding hydrogens is 268 g/mol. The van der Waals surface area contributed by atoms with Crippen molar-refractivity contribution in [2.24, 2.45) is 0 Å². The fraction of sp³-hybridized carbons (Fsp3) is 0.125. The van der Waals surface area contributed by atoms with Gasteiger partial charge in [0.2, 0.25) is 0 Å². The minimum Gasteiger partial charge on any atom is -0.386 e. The van der Waals surface area contributed by atoms with Gasteiger partial charge in [-0.2, -0.15) is 0 Å². The fourth-order valence-corrected chi connectivity index (χ4v) is 2.35. The summed E-state index contributed by atoms with van der Waals surface area (Å²) >= 11 is 0. The largest absolute Gasteiger partial charge is 0.386 e. The molecule has 3 rings (SSSR count). The molecule has 0 aliphatic carbocycles. The molecule has 2 aromatic carbocycles. The molecule has 0 saturated carbocycles. The van der Waals surface area contributed by atoms with E-state index in [1.165, 1.54) is 0 Å². The van der Waals surface area contributed by atoms with Crippen molar-refractivity contribution in [3.63, 3.8) is 0 Å². The number of rotatable bonds is 3. The summed E-state index contributed by atoms with van der Waals surface area (Å²) in [6.45, 7) is 0. The molecule has 106 valence electrons. The molecule has 5 heteroatoms. The Hall–Kier alpha value is -2.66. The van der Waals surface area contributed by atoms with Gasteiger partial charge in [0.05, 0.1) is 0 Å². The van der Waals surface area contributed by atoms with Crippen LogP contribution in [0.15, 0.2) is 54.6 Å².